The average Bonchev–Trinajstić information content (AvgIpc) is 2.30. The molecule has 1 aliphatic rings. The highest BCUT2D eigenvalue weighted by atomic mass is 35.5. The number of likely N-dealkylation sites (tertiary alicyclic amines) is 1. The molecule has 4 heteroatoms. The summed E-state index contributed by atoms with van der Waals surface area (Å²) in [7, 11) is 0. The van der Waals surface area contributed by atoms with Gasteiger partial charge < -0.3 is 0 Å². The summed E-state index contributed by atoms with van der Waals surface area (Å²) in [6, 6.07) is 4.18. The van der Waals surface area contributed by atoms with Crippen molar-refractivity contribution in [1.82, 2.24) is 4.90 Å². The third-order valence-electron chi connectivity index (χ3n) is 3.50. The van der Waals surface area contributed by atoms with E-state index in [1.54, 1.807) is 0 Å². The summed E-state index contributed by atoms with van der Waals surface area (Å²) in [5.74, 6) is -0.370. The van der Waals surface area contributed by atoms with Gasteiger partial charge in [0.05, 0.1) is 0 Å². The first-order valence-corrected chi connectivity index (χ1v) is 6.97. The minimum Gasteiger partial charge on any atom is -0.296 e. The molecule has 1 saturated heterocycles. The normalized spacial score (nSPS) is 21.2. The Morgan fingerprint density at radius 3 is 2.56 bits per heavy atom. The Bertz CT molecular complexity index is 375. The van der Waals surface area contributed by atoms with Crippen LogP contribution in [0.15, 0.2) is 18.2 Å². The van der Waals surface area contributed by atoms with Crippen LogP contribution >= 0.6 is 11.6 Å². The fourth-order valence-electron chi connectivity index (χ4n) is 2.66. The van der Waals surface area contributed by atoms with Gasteiger partial charge in [-0.15, -0.1) is 11.6 Å². The van der Waals surface area contributed by atoms with Crippen molar-refractivity contribution in [3.8, 4) is 0 Å². The maximum absolute atomic E-state index is 13.1. The molecule has 1 heterocycles. The molecule has 0 amide bonds. The molecule has 18 heavy (non-hydrogen) atoms. The van der Waals surface area contributed by atoms with Crippen LogP contribution in [-0.2, 0) is 6.54 Å². The van der Waals surface area contributed by atoms with Gasteiger partial charge in [-0.05, 0) is 43.5 Å². The average molecular weight is 274 g/mol. The number of halogens is 3. The molecule has 1 unspecified atom stereocenters. The first-order valence-electron chi connectivity index (χ1n) is 6.44. The Kier molecular flexibility index (Phi) is 4.95. The van der Waals surface area contributed by atoms with Crippen molar-refractivity contribution in [1.29, 1.82) is 0 Å². The fourth-order valence-corrected chi connectivity index (χ4v) is 2.91. The second kappa shape index (κ2) is 6.48. The third kappa shape index (κ3) is 3.66. The highest BCUT2D eigenvalue weighted by Crippen LogP contribution is 2.22. The summed E-state index contributed by atoms with van der Waals surface area (Å²) in [4.78, 5) is 2.29. The first kappa shape index (κ1) is 13.8. The van der Waals surface area contributed by atoms with Gasteiger partial charge in [-0.25, -0.2) is 8.78 Å². The second-order valence-electron chi connectivity index (χ2n) is 4.88. The largest absolute Gasteiger partial charge is 0.296 e. The molecule has 1 atom stereocenters. The van der Waals surface area contributed by atoms with E-state index in [1.807, 2.05) is 0 Å². The number of piperidine rings is 1. The fraction of sp³-hybridized carbons (Fsp3) is 0.571. The van der Waals surface area contributed by atoms with Crippen molar-refractivity contribution in [3.05, 3.63) is 35.4 Å². The molecule has 1 aromatic carbocycles. The van der Waals surface area contributed by atoms with E-state index in [-0.39, 0.29) is 0 Å². The number of nitrogens with zero attached hydrogens (tertiary/aromatic N) is 1. The van der Waals surface area contributed by atoms with E-state index in [0.29, 0.717) is 24.0 Å². The molecule has 100 valence electrons. The van der Waals surface area contributed by atoms with Crippen LogP contribution in [-0.4, -0.2) is 23.4 Å². The highest BCUT2D eigenvalue weighted by Gasteiger charge is 2.22. The molecule has 0 spiro atoms. The molecular formula is C14H18ClF2N. The molecule has 0 radical (unpaired) electrons. The zero-order valence-electron chi connectivity index (χ0n) is 10.3. The smallest absolute Gasteiger partial charge is 0.126 e. The lowest BCUT2D eigenvalue weighted by Gasteiger charge is -2.35. The molecule has 1 aromatic rings. The standard InChI is InChI=1S/C14H18ClF2N/c15-5-4-14-3-1-2-6-18(14)10-11-7-12(16)9-13(17)8-11/h7-9,14H,1-6,10H2. The number of alkyl halides is 1. The Hall–Kier alpha value is -0.670. The quantitative estimate of drug-likeness (QED) is 0.751. The van der Waals surface area contributed by atoms with Gasteiger partial charge in [0.2, 0.25) is 0 Å². The van der Waals surface area contributed by atoms with Crippen LogP contribution in [0.3, 0.4) is 0 Å². The van der Waals surface area contributed by atoms with Gasteiger partial charge in [0.15, 0.2) is 0 Å². The maximum Gasteiger partial charge on any atom is 0.126 e. The van der Waals surface area contributed by atoms with E-state index in [1.165, 1.54) is 18.6 Å². The van der Waals surface area contributed by atoms with Crippen LogP contribution in [0.1, 0.15) is 31.2 Å². The van der Waals surface area contributed by atoms with Crippen molar-refractivity contribution in [2.75, 3.05) is 12.4 Å². The van der Waals surface area contributed by atoms with Crippen LogP contribution < -0.4 is 0 Å². The molecule has 0 saturated carbocycles. The van der Waals surface area contributed by atoms with Crippen molar-refractivity contribution < 1.29 is 8.78 Å². The lowest BCUT2D eigenvalue weighted by Crippen LogP contribution is -2.39. The monoisotopic (exact) mass is 273 g/mol. The van der Waals surface area contributed by atoms with E-state index < -0.39 is 11.6 Å². The van der Waals surface area contributed by atoms with E-state index in [2.05, 4.69) is 4.90 Å². The lowest BCUT2D eigenvalue weighted by atomic mass is 9.99. The molecule has 1 fully saturated rings. The summed E-state index contributed by atoms with van der Waals surface area (Å²) < 4.78 is 26.3. The summed E-state index contributed by atoms with van der Waals surface area (Å²) in [5.41, 5.74) is 0.703. The topological polar surface area (TPSA) is 3.24 Å². The van der Waals surface area contributed by atoms with Crippen LogP contribution in [0.4, 0.5) is 8.78 Å². The van der Waals surface area contributed by atoms with Gasteiger partial charge in [-0.3, -0.25) is 4.90 Å². The Morgan fingerprint density at radius 2 is 1.89 bits per heavy atom. The third-order valence-corrected chi connectivity index (χ3v) is 3.72. The van der Waals surface area contributed by atoms with Crippen molar-refractivity contribution >= 4 is 11.6 Å². The van der Waals surface area contributed by atoms with Crippen molar-refractivity contribution in [2.45, 2.75) is 38.3 Å². The predicted molar refractivity (Wildman–Crippen MR) is 69.7 cm³/mol. The minimum atomic E-state index is -0.504. The van der Waals surface area contributed by atoms with Crippen LogP contribution in [0.2, 0.25) is 0 Å². The minimum absolute atomic E-state index is 0.447. The number of benzene rings is 1. The van der Waals surface area contributed by atoms with Crippen LogP contribution in [0, 0.1) is 11.6 Å². The first-order chi connectivity index (χ1) is 8.69. The maximum atomic E-state index is 13.1. The number of hydrogen-bond acceptors (Lipinski definition) is 1. The van der Waals surface area contributed by atoms with E-state index in [4.69, 9.17) is 11.6 Å². The zero-order chi connectivity index (χ0) is 13.0. The van der Waals surface area contributed by atoms with E-state index >= 15 is 0 Å². The van der Waals surface area contributed by atoms with E-state index in [9.17, 15) is 8.78 Å². The molecular weight excluding hydrogens is 256 g/mol. The Morgan fingerprint density at radius 1 is 1.17 bits per heavy atom. The van der Waals surface area contributed by atoms with Crippen molar-refractivity contribution in [2.24, 2.45) is 0 Å². The molecule has 0 aromatic heterocycles. The predicted octanol–water partition coefficient (Wildman–Crippen LogP) is 3.95. The van der Waals surface area contributed by atoms with Gasteiger partial charge in [0.1, 0.15) is 11.6 Å². The summed E-state index contributed by atoms with van der Waals surface area (Å²) in [6.07, 6.45) is 4.44. The van der Waals surface area contributed by atoms with Gasteiger partial charge in [-0.1, -0.05) is 6.42 Å². The number of hydrogen-bond donors (Lipinski definition) is 0. The molecule has 2 rings (SSSR count). The summed E-state index contributed by atoms with van der Waals surface area (Å²) in [6.45, 7) is 1.59. The zero-order valence-corrected chi connectivity index (χ0v) is 11.1. The Balaban J connectivity index is 2.05. The SMILES string of the molecule is Fc1cc(F)cc(CN2CCCCC2CCCl)c1. The molecule has 0 N–H and O–H groups in total. The van der Waals surface area contributed by atoms with Crippen LogP contribution in [0.5, 0.6) is 0 Å². The molecule has 1 nitrogen and oxygen atoms in total. The van der Waals surface area contributed by atoms with Crippen LogP contribution in [0.25, 0.3) is 0 Å². The second-order valence-corrected chi connectivity index (χ2v) is 5.25. The van der Waals surface area contributed by atoms with Gasteiger partial charge >= 0.3 is 0 Å². The summed E-state index contributed by atoms with van der Waals surface area (Å²) in [5, 5.41) is 0. The summed E-state index contributed by atoms with van der Waals surface area (Å²) >= 11 is 5.81. The lowest BCUT2D eigenvalue weighted by molar-refractivity contribution is 0.136. The van der Waals surface area contributed by atoms with Gasteiger partial charge in [0.25, 0.3) is 0 Å². The van der Waals surface area contributed by atoms with Crippen molar-refractivity contribution in [3.63, 3.8) is 0 Å². The van der Waals surface area contributed by atoms with Gasteiger partial charge in [0, 0.05) is 24.5 Å². The number of rotatable bonds is 4. The molecule has 0 aliphatic carbocycles. The molecule has 0 bridgehead atoms. The highest BCUT2D eigenvalue weighted by molar-refractivity contribution is 6.17. The van der Waals surface area contributed by atoms with Gasteiger partial charge in [-0.2, -0.15) is 0 Å². The molecule has 1 aliphatic heterocycles. The van der Waals surface area contributed by atoms with E-state index in [0.717, 1.165) is 31.9 Å². The Labute approximate surface area is 112 Å².